The third-order valence-corrected chi connectivity index (χ3v) is 5.13. The molecule has 0 amide bonds. The van der Waals surface area contributed by atoms with Gasteiger partial charge in [-0.1, -0.05) is 42.1 Å². The summed E-state index contributed by atoms with van der Waals surface area (Å²) >= 11 is 11.9. The minimum absolute atomic E-state index is 0.0912. The van der Waals surface area contributed by atoms with E-state index in [-0.39, 0.29) is 11.6 Å². The molecule has 4 heteroatoms. The molecule has 0 radical (unpaired) electrons. The molecule has 19 heavy (non-hydrogen) atoms. The lowest BCUT2D eigenvalue weighted by molar-refractivity contribution is -0.00250. The van der Waals surface area contributed by atoms with Crippen LogP contribution in [0.5, 0.6) is 0 Å². The van der Waals surface area contributed by atoms with Gasteiger partial charge < -0.3 is 10.0 Å². The van der Waals surface area contributed by atoms with Crippen LogP contribution in [0, 0.1) is 0 Å². The first-order chi connectivity index (χ1) is 8.95. The molecule has 2 nitrogen and oxygen atoms in total. The first-order valence-electron chi connectivity index (χ1n) is 6.75. The summed E-state index contributed by atoms with van der Waals surface area (Å²) in [4.78, 5) is 2.18. The van der Waals surface area contributed by atoms with E-state index in [1.54, 1.807) is 6.07 Å². The summed E-state index contributed by atoms with van der Waals surface area (Å²) in [6.07, 6.45) is 4.75. The van der Waals surface area contributed by atoms with E-state index in [2.05, 4.69) is 19.0 Å². The fourth-order valence-corrected chi connectivity index (χ4v) is 3.47. The van der Waals surface area contributed by atoms with Crippen LogP contribution in [0.25, 0.3) is 0 Å². The number of halogens is 2. The van der Waals surface area contributed by atoms with Gasteiger partial charge in [-0.3, -0.25) is 0 Å². The summed E-state index contributed by atoms with van der Waals surface area (Å²) < 4.78 is 0. The number of hydrogen-bond acceptors (Lipinski definition) is 2. The smallest absolute Gasteiger partial charge is 0.0763 e. The van der Waals surface area contributed by atoms with Gasteiger partial charge in [-0.15, -0.1) is 0 Å². The van der Waals surface area contributed by atoms with Gasteiger partial charge in [-0.05, 0) is 44.6 Å². The van der Waals surface area contributed by atoms with Gasteiger partial charge in [0.15, 0.2) is 0 Å². The second-order valence-electron chi connectivity index (χ2n) is 5.67. The molecule has 1 unspecified atom stereocenters. The topological polar surface area (TPSA) is 23.5 Å². The molecule has 1 N–H and O–H groups in total. The predicted octanol–water partition coefficient (Wildman–Crippen LogP) is 3.77. The Morgan fingerprint density at radius 1 is 1.21 bits per heavy atom. The Kier molecular flexibility index (Phi) is 4.78. The van der Waals surface area contributed by atoms with Crippen LogP contribution < -0.4 is 0 Å². The normalized spacial score (nSPS) is 19.9. The SMILES string of the molecule is CN(C)C1(C(O)Cc2ccc(Cl)c(Cl)c2)CCCC1. The molecule has 1 saturated carbocycles. The van der Waals surface area contributed by atoms with Crippen LogP contribution in [-0.4, -0.2) is 35.7 Å². The third-order valence-electron chi connectivity index (χ3n) is 4.39. The zero-order valence-corrected chi connectivity index (χ0v) is 13.0. The van der Waals surface area contributed by atoms with Crippen molar-refractivity contribution < 1.29 is 5.11 Å². The maximum atomic E-state index is 10.7. The molecule has 1 aliphatic rings. The lowest BCUT2D eigenvalue weighted by atomic mass is 9.85. The van der Waals surface area contributed by atoms with Crippen molar-refractivity contribution in [1.29, 1.82) is 0 Å². The summed E-state index contributed by atoms with van der Waals surface area (Å²) in [6.45, 7) is 0. The highest BCUT2D eigenvalue weighted by Crippen LogP contribution is 2.38. The van der Waals surface area contributed by atoms with Gasteiger partial charge in [0.25, 0.3) is 0 Å². The maximum absolute atomic E-state index is 10.7. The number of nitrogens with zero attached hydrogens (tertiary/aromatic N) is 1. The Hall–Kier alpha value is -0.280. The first-order valence-corrected chi connectivity index (χ1v) is 7.51. The van der Waals surface area contributed by atoms with Crippen molar-refractivity contribution in [2.24, 2.45) is 0 Å². The fourth-order valence-electron chi connectivity index (χ4n) is 3.15. The number of likely N-dealkylation sites (N-methyl/N-ethyl adjacent to an activating group) is 1. The van der Waals surface area contributed by atoms with Gasteiger partial charge in [0.1, 0.15) is 0 Å². The average molecular weight is 302 g/mol. The van der Waals surface area contributed by atoms with Crippen LogP contribution in [0.15, 0.2) is 18.2 Å². The third kappa shape index (κ3) is 3.08. The minimum Gasteiger partial charge on any atom is -0.391 e. The molecule has 1 fully saturated rings. The van der Waals surface area contributed by atoms with Crippen molar-refractivity contribution in [2.75, 3.05) is 14.1 Å². The molecule has 0 heterocycles. The second kappa shape index (κ2) is 6.01. The van der Waals surface area contributed by atoms with Gasteiger partial charge in [0, 0.05) is 12.0 Å². The summed E-state index contributed by atoms with van der Waals surface area (Å²) in [5.41, 5.74) is 0.946. The van der Waals surface area contributed by atoms with E-state index >= 15 is 0 Å². The summed E-state index contributed by atoms with van der Waals surface area (Å²) in [5, 5.41) is 11.8. The summed E-state index contributed by atoms with van der Waals surface area (Å²) in [6, 6.07) is 5.59. The van der Waals surface area contributed by atoms with Crippen molar-refractivity contribution in [3.8, 4) is 0 Å². The van der Waals surface area contributed by atoms with E-state index in [1.165, 1.54) is 12.8 Å². The monoisotopic (exact) mass is 301 g/mol. The number of aliphatic hydroxyl groups is 1. The standard InChI is InChI=1S/C15H21Cl2NO/c1-18(2)15(7-3-4-8-15)14(19)10-11-5-6-12(16)13(17)9-11/h5-6,9,14,19H,3-4,7-8,10H2,1-2H3. The highest BCUT2D eigenvalue weighted by atomic mass is 35.5. The van der Waals surface area contributed by atoms with Crippen LogP contribution in [0.3, 0.4) is 0 Å². The van der Waals surface area contributed by atoms with Crippen molar-refractivity contribution >= 4 is 23.2 Å². The van der Waals surface area contributed by atoms with Crippen molar-refractivity contribution in [3.63, 3.8) is 0 Å². The molecule has 1 atom stereocenters. The van der Waals surface area contributed by atoms with Crippen molar-refractivity contribution in [2.45, 2.75) is 43.7 Å². The zero-order chi connectivity index (χ0) is 14.0. The summed E-state index contributed by atoms with van der Waals surface area (Å²) in [5.74, 6) is 0. The number of benzene rings is 1. The Bertz CT molecular complexity index is 442. The minimum atomic E-state index is -0.373. The number of aliphatic hydroxyl groups excluding tert-OH is 1. The van der Waals surface area contributed by atoms with Crippen LogP contribution >= 0.6 is 23.2 Å². The van der Waals surface area contributed by atoms with E-state index in [9.17, 15) is 5.11 Å². The molecule has 0 aliphatic heterocycles. The molecular weight excluding hydrogens is 281 g/mol. The van der Waals surface area contributed by atoms with Crippen molar-refractivity contribution in [1.82, 2.24) is 4.90 Å². The Morgan fingerprint density at radius 2 is 1.84 bits per heavy atom. The Balaban J connectivity index is 2.15. The van der Waals surface area contributed by atoms with E-state index in [1.807, 2.05) is 12.1 Å². The first kappa shape index (κ1) is 15.1. The quantitative estimate of drug-likeness (QED) is 0.915. The highest BCUT2D eigenvalue weighted by Gasteiger charge is 2.42. The van der Waals surface area contributed by atoms with Gasteiger partial charge in [0.2, 0.25) is 0 Å². The molecule has 106 valence electrons. The van der Waals surface area contributed by atoms with Crippen LogP contribution in [0.2, 0.25) is 10.0 Å². The molecule has 0 bridgehead atoms. The zero-order valence-electron chi connectivity index (χ0n) is 11.5. The van der Waals surface area contributed by atoms with Gasteiger partial charge >= 0.3 is 0 Å². The largest absolute Gasteiger partial charge is 0.391 e. The molecule has 0 aromatic heterocycles. The molecule has 1 aromatic rings. The highest BCUT2D eigenvalue weighted by molar-refractivity contribution is 6.42. The van der Waals surface area contributed by atoms with E-state index in [0.29, 0.717) is 16.5 Å². The fraction of sp³-hybridized carbons (Fsp3) is 0.600. The van der Waals surface area contributed by atoms with E-state index in [0.717, 1.165) is 18.4 Å². The van der Waals surface area contributed by atoms with Crippen LogP contribution in [-0.2, 0) is 6.42 Å². The lowest BCUT2D eigenvalue weighted by Gasteiger charge is -2.40. The summed E-state index contributed by atoms with van der Waals surface area (Å²) in [7, 11) is 4.12. The average Bonchev–Trinajstić information content (AvgIpc) is 2.84. The Labute approximate surface area is 125 Å². The van der Waals surface area contributed by atoms with Crippen molar-refractivity contribution in [3.05, 3.63) is 33.8 Å². The van der Waals surface area contributed by atoms with Gasteiger partial charge in [-0.25, -0.2) is 0 Å². The molecular formula is C15H21Cl2NO. The number of hydrogen-bond donors (Lipinski definition) is 1. The lowest BCUT2D eigenvalue weighted by Crippen LogP contribution is -2.52. The Morgan fingerprint density at radius 3 is 2.37 bits per heavy atom. The molecule has 0 spiro atoms. The second-order valence-corrected chi connectivity index (χ2v) is 6.49. The molecule has 1 aliphatic carbocycles. The molecule has 1 aromatic carbocycles. The van der Waals surface area contributed by atoms with Crippen LogP contribution in [0.1, 0.15) is 31.2 Å². The van der Waals surface area contributed by atoms with Crippen LogP contribution in [0.4, 0.5) is 0 Å². The van der Waals surface area contributed by atoms with E-state index in [4.69, 9.17) is 23.2 Å². The predicted molar refractivity (Wildman–Crippen MR) is 81.1 cm³/mol. The van der Waals surface area contributed by atoms with Gasteiger partial charge in [0.05, 0.1) is 16.1 Å². The van der Waals surface area contributed by atoms with Gasteiger partial charge in [-0.2, -0.15) is 0 Å². The maximum Gasteiger partial charge on any atom is 0.0763 e. The molecule has 0 saturated heterocycles. The van der Waals surface area contributed by atoms with E-state index < -0.39 is 0 Å². The molecule has 2 rings (SSSR count). The number of rotatable bonds is 4.